The zero-order valence-electron chi connectivity index (χ0n) is 16.8. The Kier molecular flexibility index (Phi) is 7.49. The van der Waals surface area contributed by atoms with Crippen LogP contribution in [-0.2, 0) is 14.4 Å². The quantitative estimate of drug-likeness (QED) is 0.505. The molecule has 0 saturated carbocycles. The molecule has 13 heteroatoms. The standard InChI is InChI=1S/C20H17ClF4N4O4/c21-12-1-4-16(27-10-12)29(33-19(32)20(23,24)25)18(31)14-3-2-13(22)9-15(14)28-17(30)11-5-7-26-8-6-11/h1-4,9-11,26H,5-8H2,(H,28,30). The molecule has 1 aliphatic rings. The summed E-state index contributed by atoms with van der Waals surface area (Å²) in [5.41, 5.74) is -0.726. The number of benzene rings is 1. The van der Waals surface area contributed by atoms with Gasteiger partial charge in [-0.15, -0.1) is 5.06 Å². The molecule has 3 rings (SSSR count). The first kappa shape index (κ1) is 24.4. The Balaban J connectivity index is 1.95. The second-order valence-corrected chi connectivity index (χ2v) is 7.45. The number of carbonyl (C=O) groups is 3. The molecule has 2 N–H and O–H groups in total. The molecule has 0 atom stereocenters. The smallest absolute Gasteiger partial charge is 0.325 e. The van der Waals surface area contributed by atoms with E-state index in [1.165, 1.54) is 6.07 Å². The predicted molar refractivity (Wildman–Crippen MR) is 109 cm³/mol. The van der Waals surface area contributed by atoms with Gasteiger partial charge in [0, 0.05) is 12.1 Å². The third kappa shape index (κ3) is 6.17. The summed E-state index contributed by atoms with van der Waals surface area (Å²) in [7, 11) is 0. The molecule has 33 heavy (non-hydrogen) atoms. The molecule has 1 aromatic heterocycles. The molecule has 1 saturated heterocycles. The number of anilines is 2. The Morgan fingerprint density at radius 1 is 1.15 bits per heavy atom. The van der Waals surface area contributed by atoms with Crippen molar-refractivity contribution < 1.29 is 36.8 Å². The summed E-state index contributed by atoms with van der Waals surface area (Å²) in [6.45, 7) is 1.19. The highest BCUT2D eigenvalue weighted by Crippen LogP contribution is 2.26. The fraction of sp³-hybridized carbons (Fsp3) is 0.300. The fourth-order valence-corrected chi connectivity index (χ4v) is 3.16. The molecule has 176 valence electrons. The number of pyridine rings is 1. The minimum Gasteiger partial charge on any atom is -0.325 e. The van der Waals surface area contributed by atoms with Crippen LogP contribution in [0.15, 0.2) is 36.5 Å². The van der Waals surface area contributed by atoms with Crippen LogP contribution in [0, 0.1) is 11.7 Å². The number of alkyl halides is 3. The molecule has 0 spiro atoms. The lowest BCUT2D eigenvalue weighted by Gasteiger charge is -2.24. The molecule has 0 aliphatic carbocycles. The van der Waals surface area contributed by atoms with Crippen LogP contribution in [0.4, 0.5) is 29.1 Å². The van der Waals surface area contributed by atoms with Crippen molar-refractivity contribution in [1.82, 2.24) is 10.3 Å². The Labute approximate surface area is 189 Å². The monoisotopic (exact) mass is 488 g/mol. The van der Waals surface area contributed by atoms with E-state index >= 15 is 0 Å². The molecule has 0 bridgehead atoms. The van der Waals surface area contributed by atoms with Crippen molar-refractivity contribution in [3.05, 3.63) is 52.9 Å². The summed E-state index contributed by atoms with van der Waals surface area (Å²) in [5.74, 6) is -6.19. The molecule has 2 aromatic rings. The van der Waals surface area contributed by atoms with Gasteiger partial charge in [0.15, 0.2) is 5.82 Å². The van der Waals surface area contributed by atoms with Crippen molar-refractivity contribution in [2.75, 3.05) is 23.5 Å². The number of rotatable bonds is 4. The van der Waals surface area contributed by atoms with Gasteiger partial charge in [-0.25, -0.2) is 14.2 Å². The van der Waals surface area contributed by atoms with Gasteiger partial charge in [0.2, 0.25) is 5.91 Å². The number of hydroxylamine groups is 1. The highest BCUT2D eigenvalue weighted by atomic mass is 35.5. The summed E-state index contributed by atoms with van der Waals surface area (Å²) in [4.78, 5) is 45.1. The Morgan fingerprint density at radius 3 is 2.45 bits per heavy atom. The number of halogens is 5. The van der Waals surface area contributed by atoms with Gasteiger partial charge in [0.1, 0.15) is 5.82 Å². The number of carbonyl (C=O) groups excluding carboxylic acids is 3. The average Bonchev–Trinajstić information content (AvgIpc) is 2.77. The molecule has 2 amide bonds. The summed E-state index contributed by atoms with van der Waals surface area (Å²) >= 11 is 5.72. The number of aromatic nitrogens is 1. The van der Waals surface area contributed by atoms with Gasteiger partial charge in [-0.3, -0.25) is 9.59 Å². The lowest BCUT2D eigenvalue weighted by atomic mass is 9.97. The van der Waals surface area contributed by atoms with Crippen molar-refractivity contribution in [3.8, 4) is 0 Å². The van der Waals surface area contributed by atoms with Crippen molar-refractivity contribution in [1.29, 1.82) is 0 Å². The van der Waals surface area contributed by atoms with Crippen LogP contribution in [0.1, 0.15) is 23.2 Å². The summed E-state index contributed by atoms with van der Waals surface area (Å²) in [6, 6.07) is 4.90. The highest BCUT2D eigenvalue weighted by molar-refractivity contribution is 6.30. The van der Waals surface area contributed by atoms with Gasteiger partial charge < -0.3 is 15.5 Å². The van der Waals surface area contributed by atoms with E-state index in [1.807, 2.05) is 0 Å². The van der Waals surface area contributed by atoms with Crippen LogP contribution in [0.3, 0.4) is 0 Å². The van der Waals surface area contributed by atoms with Gasteiger partial charge in [0.25, 0.3) is 5.91 Å². The first-order chi connectivity index (χ1) is 15.6. The van der Waals surface area contributed by atoms with Crippen molar-refractivity contribution in [2.24, 2.45) is 5.92 Å². The average molecular weight is 489 g/mol. The van der Waals surface area contributed by atoms with Crippen LogP contribution in [0.2, 0.25) is 5.02 Å². The number of piperidine rings is 1. The lowest BCUT2D eigenvalue weighted by molar-refractivity contribution is -0.200. The first-order valence-electron chi connectivity index (χ1n) is 9.62. The molecule has 0 radical (unpaired) electrons. The molecular formula is C20H17ClF4N4O4. The Morgan fingerprint density at radius 2 is 1.85 bits per heavy atom. The van der Waals surface area contributed by atoms with Gasteiger partial charge in [-0.1, -0.05) is 11.6 Å². The van der Waals surface area contributed by atoms with Crippen LogP contribution in [-0.4, -0.2) is 42.0 Å². The normalized spacial score (nSPS) is 14.5. The van der Waals surface area contributed by atoms with Crippen molar-refractivity contribution in [3.63, 3.8) is 0 Å². The van der Waals surface area contributed by atoms with Crippen LogP contribution < -0.4 is 15.7 Å². The van der Waals surface area contributed by atoms with Crippen LogP contribution in [0.5, 0.6) is 0 Å². The van der Waals surface area contributed by atoms with Crippen LogP contribution >= 0.6 is 11.6 Å². The third-order valence-electron chi connectivity index (χ3n) is 4.69. The maximum Gasteiger partial charge on any atom is 0.493 e. The minimum atomic E-state index is -5.42. The maximum absolute atomic E-state index is 13.9. The molecule has 1 aliphatic heterocycles. The molecule has 1 fully saturated rings. The summed E-state index contributed by atoms with van der Waals surface area (Å²) < 4.78 is 52.3. The first-order valence-corrected chi connectivity index (χ1v) is 10.0. The van der Waals surface area contributed by atoms with Crippen molar-refractivity contribution >= 4 is 40.9 Å². The number of amides is 2. The van der Waals surface area contributed by atoms with Crippen molar-refractivity contribution in [2.45, 2.75) is 19.0 Å². The van der Waals surface area contributed by atoms with E-state index in [-0.39, 0.29) is 15.8 Å². The summed E-state index contributed by atoms with van der Waals surface area (Å²) in [5, 5.41) is 5.63. The highest BCUT2D eigenvalue weighted by Gasteiger charge is 2.44. The van der Waals surface area contributed by atoms with E-state index in [0.29, 0.717) is 25.9 Å². The Hall–Kier alpha value is -3.25. The molecule has 2 heterocycles. The number of hydrogen-bond donors (Lipinski definition) is 2. The Bertz CT molecular complexity index is 1040. The lowest BCUT2D eigenvalue weighted by Crippen LogP contribution is -2.40. The van der Waals surface area contributed by atoms with E-state index in [2.05, 4.69) is 20.5 Å². The second kappa shape index (κ2) is 10.1. The van der Waals surface area contributed by atoms with E-state index < -0.39 is 47.1 Å². The van der Waals surface area contributed by atoms with E-state index in [1.54, 1.807) is 0 Å². The SMILES string of the molecule is O=C(Nc1cc(F)ccc1C(=O)N(OC(=O)C(F)(F)F)c1ccc(Cl)cn1)C1CCNCC1. The van der Waals surface area contributed by atoms with E-state index in [9.17, 15) is 31.9 Å². The fourth-order valence-electron chi connectivity index (χ4n) is 3.05. The van der Waals surface area contributed by atoms with Gasteiger partial charge in [-0.05, 0) is 56.3 Å². The maximum atomic E-state index is 13.9. The van der Waals surface area contributed by atoms with Crippen LogP contribution in [0.25, 0.3) is 0 Å². The number of hydrogen-bond acceptors (Lipinski definition) is 6. The summed E-state index contributed by atoms with van der Waals surface area (Å²) in [6.07, 6.45) is -3.38. The molecule has 0 unspecified atom stereocenters. The van der Waals surface area contributed by atoms with Gasteiger partial charge in [0.05, 0.1) is 16.3 Å². The molecule has 8 nitrogen and oxygen atoms in total. The number of nitrogens with one attached hydrogen (secondary N) is 2. The zero-order chi connectivity index (χ0) is 24.2. The predicted octanol–water partition coefficient (Wildman–Crippen LogP) is 3.48. The minimum absolute atomic E-state index is 0.000421. The topological polar surface area (TPSA) is 101 Å². The number of nitrogens with zero attached hydrogens (tertiary/aromatic N) is 2. The van der Waals surface area contributed by atoms with E-state index in [4.69, 9.17) is 11.6 Å². The largest absolute Gasteiger partial charge is 0.493 e. The second-order valence-electron chi connectivity index (χ2n) is 7.01. The van der Waals surface area contributed by atoms with Gasteiger partial charge >= 0.3 is 12.1 Å². The molecule has 1 aromatic carbocycles. The third-order valence-corrected chi connectivity index (χ3v) is 4.91. The zero-order valence-corrected chi connectivity index (χ0v) is 17.5. The van der Waals surface area contributed by atoms with E-state index in [0.717, 1.165) is 30.5 Å². The van der Waals surface area contributed by atoms with Gasteiger partial charge in [-0.2, -0.15) is 13.2 Å². The molecular weight excluding hydrogens is 472 g/mol.